The van der Waals surface area contributed by atoms with Crippen LogP contribution in [0.25, 0.3) is 0 Å². The van der Waals surface area contributed by atoms with Gasteiger partial charge in [0.05, 0.1) is 19.3 Å². The van der Waals surface area contributed by atoms with Crippen LogP contribution in [0, 0.1) is 13.8 Å². The molecule has 1 N–H and O–H groups in total. The van der Waals surface area contributed by atoms with Crippen LogP contribution >= 0.6 is 11.6 Å². The summed E-state index contributed by atoms with van der Waals surface area (Å²) in [5.74, 6) is 0.654. The molecule has 6 heteroatoms. The van der Waals surface area contributed by atoms with E-state index in [0.29, 0.717) is 12.3 Å². The van der Waals surface area contributed by atoms with Crippen LogP contribution in [0.1, 0.15) is 11.1 Å². The lowest BCUT2D eigenvalue weighted by Crippen LogP contribution is -2.48. The highest BCUT2D eigenvalue weighted by atomic mass is 35.5. The predicted octanol–water partition coefficient (Wildman–Crippen LogP) is 3.73. The fourth-order valence-electron chi connectivity index (χ4n) is 3.38. The molecule has 2 aromatic carbocycles. The molecule has 1 aliphatic rings. The van der Waals surface area contributed by atoms with E-state index >= 15 is 0 Å². The van der Waals surface area contributed by atoms with E-state index in [0.717, 1.165) is 42.5 Å². The highest BCUT2D eigenvalue weighted by Crippen LogP contribution is 2.26. The quantitative estimate of drug-likeness (QED) is 0.849. The van der Waals surface area contributed by atoms with Gasteiger partial charge in [0.2, 0.25) is 5.91 Å². The smallest absolute Gasteiger partial charge is 0.238 e. The molecule has 0 radical (unpaired) electrons. The summed E-state index contributed by atoms with van der Waals surface area (Å²) in [6.45, 7) is 7.89. The zero-order chi connectivity index (χ0) is 19.4. The van der Waals surface area contributed by atoms with Crippen LogP contribution in [0.4, 0.5) is 11.4 Å². The number of methoxy groups -OCH3 is 1. The third-order valence-electron chi connectivity index (χ3n) is 4.88. The molecule has 0 aliphatic carbocycles. The van der Waals surface area contributed by atoms with Crippen LogP contribution in [-0.4, -0.2) is 50.6 Å². The van der Waals surface area contributed by atoms with Crippen molar-refractivity contribution < 1.29 is 9.53 Å². The van der Waals surface area contributed by atoms with Crippen molar-refractivity contribution >= 4 is 28.9 Å². The number of carbonyl (C=O) groups is 1. The van der Waals surface area contributed by atoms with Gasteiger partial charge < -0.3 is 15.0 Å². The lowest BCUT2D eigenvalue weighted by molar-refractivity contribution is -0.117. The van der Waals surface area contributed by atoms with Crippen LogP contribution in [-0.2, 0) is 4.79 Å². The Kier molecular flexibility index (Phi) is 6.24. The molecule has 0 spiro atoms. The maximum absolute atomic E-state index is 12.5. The minimum Gasteiger partial charge on any atom is -0.495 e. The molecule has 144 valence electrons. The second-order valence-electron chi connectivity index (χ2n) is 6.95. The van der Waals surface area contributed by atoms with E-state index in [-0.39, 0.29) is 5.91 Å². The van der Waals surface area contributed by atoms with Gasteiger partial charge in [-0.05, 0) is 49.2 Å². The largest absolute Gasteiger partial charge is 0.495 e. The summed E-state index contributed by atoms with van der Waals surface area (Å²) in [5, 5.41) is 3.73. The normalized spacial score (nSPS) is 14.9. The van der Waals surface area contributed by atoms with E-state index in [2.05, 4.69) is 22.0 Å². The average Bonchev–Trinajstić information content (AvgIpc) is 2.64. The predicted molar refractivity (Wildman–Crippen MR) is 111 cm³/mol. The molecule has 1 heterocycles. The number of carbonyl (C=O) groups excluding carboxylic acids is 1. The summed E-state index contributed by atoms with van der Waals surface area (Å²) in [6.07, 6.45) is 0. The number of aryl methyl sites for hydroxylation is 2. The number of amides is 1. The molecule has 3 rings (SSSR count). The molecule has 1 fully saturated rings. The summed E-state index contributed by atoms with van der Waals surface area (Å²) in [4.78, 5) is 17.0. The topological polar surface area (TPSA) is 44.8 Å². The number of piperazine rings is 1. The van der Waals surface area contributed by atoms with Crippen molar-refractivity contribution in [1.82, 2.24) is 4.90 Å². The molecule has 1 amide bonds. The van der Waals surface area contributed by atoms with Crippen molar-refractivity contribution in [1.29, 1.82) is 0 Å². The van der Waals surface area contributed by atoms with Gasteiger partial charge in [0.15, 0.2) is 0 Å². The Balaban J connectivity index is 1.55. The van der Waals surface area contributed by atoms with Gasteiger partial charge in [-0.25, -0.2) is 0 Å². The molecule has 1 saturated heterocycles. The van der Waals surface area contributed by atoms with Crippen LogP contribution in [0.2, 0.25) is 5.02 Å². The molecule has 0 atom stereocenters. The van der Waals surface area contributed by atoms with Gasteiger partial charge in [-0.15, -0.1) is 0 Å². The van der Waals surface area contributed by atoms with E-state index in [1.807, 2.05) is 43.3 Å². The minimum absolute atomic E-state index is 0.0220. The minimum atomic E-state index is -0.0220. The number of ether oxygens (including phenoxy) is 1. The van der Waals surface area contributed by atoms with Gasteiger partial charge in [0.25, 0.3) is 0 Å². The number of anilines is 2. The first-order valence-corrected chi connectivity index (χ1v) is 9.52. The molecular formula is C21H26ClN3O2. The van der Waals surface area contributed by atoms with Crippen molar-refractivity contribution in [2.75, 3.05) is 50.1 Å². The number of rotatable bonds is 5. The summed E-state index contributed by atoms with van der Waals surface area (Å²) >= 11 is 6.15. The number of hydrogen-bond donors (Lipinski definition) is 1. The number of nitrogens with zero attached hydrogens (tertiary/aromatic N) is 2. The molecular weight excluding hydrogens is 362 g/mol. The summed E-state index contributed by atoms with van der Waals surface area (Å²) < 4.78 is 5.33. The first-order chi connectivity index (χ1) is 13.0. The second-order valence-corrected chi connectivity index (χ2v) is 7.38. The first-order valence-electron chi connectivity index (χ1n) is 9.14. The fraction of sp³-hybridized carbons (Fsp3) is 0.381. The first kappa shape index (κ1) is 19.5. The van der Waals surface area contributed by atoms with Crippen molar-refractivity contribution in [2.45, 2.75) is 13.8 Å². The summed E-state index contributed by atoms with van der Waals surface area (Å²) in [5.41, 5.74) is 4.19. The Morgan fingerprint density at radius 1 is 1.11 bits per heavy atom. The van der Waals surface area contributed by atoms with E-state index < -0.39 is 0 Å². The van der Waals surface area contributed by atoms with Crippen molar-refractivity contribution in [3.63, 3.8) is 0 Å². The van der Waals surface area contributed by atoms with Gasteiger partial charge in [0, 0.05) is 36.9 Å². The number of halogens is 1. The second kappa shape index (κ2) is 8.63. The Labute approximate surface area is 165 Å². The molecule has 0 bridgehead atoms. The third kappa shape index (κ3) is 4.93. The Morgan fingerprint density at radius 3 is 2.56 bits per heavy atom. The van der Waals surface area contributed by atoms with Crippen LogP contribution in [0.15, 0.2) is 36.4 Å². The number of nitrogens with one attached hydrogen (secondary N) is 1. The van der Waals surface area contributed by atoms with Gasteiger partial charge in [-0.2, -0.15) is 0 Å². The lowest BCUT2D eigenvalue weighted by atomic mass is 10.1. The van der Waals surface area contributed by atoms with Gasteiger partial charge >= 0.3 is 0 Å². The van der Waals surface area contributed by atoms with Crippen molar-refractivity contribution in [3.8, 4) is 5.75 Å². The fourth-order valence-corrected chi connectivity index (χ4v) is 3.55. The molecule has 2 aromatic rings. The van der Waals surface area contributed by atoms with E-state index in [9.17, 15) is 4.79 Å². The molecule has 0 saturated carbocycles. The third-order valence-corrected chi connectivity index (χ3v) is 5.12. The van der Waals surface area contributed by atoms with Gasteiger partial charge in [0.1, 0.15) is 5.75 Å². The summed E-state index contributed by atoms with van der Waals surface area (Å²) in [6, 6.07) is 11.7. The van der Waals surface area contributed by atoms with Crippen molar-refractivity contribution in [2.24, 2.45) is 0 Å². The van der Waals surface area contributed by atoms with E-state index in [1.165, 1.54) is 11.3 Å². The van der Waals surface area contributed by atoms with Crippen molar-refractivity contribution in [3.05, 3.63) is 52.5 Å². The monoisotopic (exact) mass is 387 g/mol. The Bertz CT molecular complexity index is 817. The number of benzene rings is 2. The summed E-state index contributed by atoms with van der Waals surface area (Å²) in [7, 11) is 1.61. The van der Waals surface area contributed by atoms with E-state index in [4.69, 9.17) is 16.3 Å². The van der Waals surface area contributed by atoms with Crippen LogP contribution in [0.5, 0.6) is 5.75 Å². The molecule has 0 aromatic heterocycles. The van der Waals surface area contributed by atoms with Gasteiger partial charge in [-0.3, -0.25) is 9.69 Å². The van der Waals surface area contributed by atoms with Crippen LogP contribution in [0.3, 0.4) is 0 Å². The van der Waals surface area contributed by atoms with E-state index in [1.54, 1.807) is 7.11 Å². The molecule has 0 unspecified atom stereocenters. The maximum atomic E-state index is 12.5. The molecule has 5 nitrogen and oxygen atoms in total. The number of hydrogen-bond acceptors (Lipinski definition) is 4. The highest BCUT2D eigenvalue weighted by Gasteiger charge is 2.21. The molecule has 1 aliphatic heterocycles. The average molecular weight is 388 g/mol. The van der Waals surface area contributed by atoms with Gasteiger partial charge in [-0.1, -0.05) is 23.7 Å². The standard InChI is InChI=1S/C21H26ClN3O2/c1-15-4-7-20(27-3)18(12-15)23-21(26)14-24-8-10-25(11-9-24)19-13-17(22)6-5-16(19)2/h4-7,12-13H,8-11,14H2,1-3H3,(H,23,26). The Hall–Kier alpha value is -2.24. The zero-order valence-electron chi connectivity index (χ0n) is 16.1. The van der Waals surface area contributed by atoms with Crippen LogP contribution < -0.4 is 15.0 Å². The SMILES string of the molecule is COc1ccc(C)cc1NC(=O)CN1CCN(c2cc(Cl)ccc2C)CC1. The Morgan fingerprint density at radius 2 is 1.85 bits per heavy atom. The zero-order valence-corrected chi connectivity index (χ0v) is 16.8. The molecule has 27 heavy (non-hydrogen) atoms. The lowest BCUT2D eigenvalue weighted by Gasteiger charge is -2.36. The highest BCUT2D eigenvalue weighted by molar-refractivity contribution is 6.30. The maximum Gasteiger partial charge on any atom is 0.238 e.